The summed E-state index contributed by atoms with van der Waals surface area (Å²) in [5.74, 6) is 0.403. The molecule has 0 amide bonds. The van der Waals surface area contributed by atoms with E-state index in [1.54, 1.807) is 0 Å². The fraction of sp³-hybridized carbons (Fsp3) is 0.538. The average molecular weight is 205 g/mol. The zero-order chi connectivity index (χ0) is 11.1. The SMILES string of the molecule is Cc1cc(C2(N)CCCC2)cc(C)c1O. The third-order valence-corrected chi connectivity index (χ3v) is 3.56. The summed E-state index contributed by atoms with van der Waals surface area (Å²) >= 11 is 0. The third-order valence-electron chi connectivity index (χ3n) is 3.56. The Morgan fingerprint density at radius 2 is 1.60 bits per heavy atom. The van der Waals surface area contributed by atoms with Gasteiger partial charge < -0.3 is 10.8 Å². The molecule has 1 fully saturated rings. The smallest absolute Gasteiger partial charge is 0.121 e. The van der Waals surface area contributed by atoms with Crippen molar-refractivity contribution in [1.82, 2.24) is 0 Å². The van der Waals surface area contributed by atoms with E-state index >= 15 is 0 Å². The quantitative estimate of drug-likeness (QED) is 0.740. The maximum absolute atomic E-state index is 9.72. The van der Waals surface area contributed by atoms with Gasteiger partial charge in [-0.3, -0.25) is 0 Å². The molecular formula is C13H19NO. The van der Waals surface area contributed by atoms with Crippen LogP contribution < -0.4 is 5.73 Å². The number of aromatic hydroxyl groups is 1. The van der Waals surface area contributed by atoms with E-state index in [1.165, 1.54) is 18.4 Å². The molecule has 82 valence electrons. The van der Waals surface area contributed by atoms with Crippen molar-refractivity contribution in [3.05, 3.63) is 28.8 Å². The molecule has 1 saturated carbocycles. The zero-order valence-corrected chi connectivity index (χ0v) is 9.51. The van der Waals surface area contributed by atoms with Crippen molar-refractivity contribution in [3.63, 3.8) is 0 Å². The van der Waals surface area contributed by atoms with E-state index in [2.05, 4.69) is 0 Å². The average Bonchev–Trinajstić information content (AvgIpc) is 2.62. The predicted octanol–water partition coefficient (Wildman–Crippen LogP) is 2.74. The molecule has 0 heterocycles. The second-order valence-electron chi connectivity index (χ2n) is 4.82. The molecule has 2 heteroatoms. The van der Waals surface area contributed by atoms with E-state index in [0.717, 1.165) is 24.0 Å². The van der Waals surface area contributed by atoms with Gasteiger partial charge in [-0.1, -0.05) is 25.0 Å². The molecule has 0 spiro atoms. The van der Waals surface area contributed by atoms with Gasteiger partial charge in [0.05, 0.1) is 0 Å². The van der Waals surface area contributed by atoms with Gasteiger partial charge in [-0.05, 0) is 43.4 Å². The summed E-state index contributed by atoms with van der Waals surface area (Å²) in [5, 5.41) is 9.72. The molecule has 0 bridgehead atoms. The van der Waals surface area contributed by atoms with Crippen LogP contribution in [-0.4, -0.2) is 5.11 Å². The van der Waals surface area contributed by atoms with Crippen molar-refractivity contribution in [2.45, 2.75) is 45.1 Å². The molecule has 1 aromatic carbocycles. The van der Waals surface area contributed by atoms with Crippen LogP contribution in [0, 0.1) is 13.8 Å². The molecule has 1 aliphatic rings. The summed E-state index contributed by atoms with van der Waals surface area (Å²) in [4.78, 5) is 0. The Labute approximate surface area is 91.1 Å². The third kappa shape index (κ3) is 1.74. The standard InChI is InChI=1S/C13H19NO/c1-9-7-11(8-10(2)12(9)15)13(14)5-3-4-6-13/h7-8,15H,3-6,14H2,1-2H3. The summed E-state index contributed by atoms with van der Waals surface area (Å²) < 4.78 is 0. The van der Waals surface area contributed by atoms with Gasteiger partial charge in [-0.25, -0.2) is 0 Å². The van der Waals surface area contributed by atoms with Crippen LogP contribution in [0.3, 0.4) is 0 Å². The topological polar surface area (TPSA) is 46.2 Å². The lowest BCUT2D eigenvalue weighted by Gasteiger charge is -2.25. The van der Waals surface area contributed by atoms with Gasteiger partial charge in [0.15, 0.2) is 0 Å². The monoisotopic (exact) mass is 205 g/mol. The van der Waals surface area contributed by atoms with Crippen LogP contribution in [0.2, 0.25) is 0 Å². The first-order valence-corrected chi connectivity index (χ1v) is 5.62. The Bertz CT molecular complexity index is 355. The van der Waals surface area contributed by atoms with E-state index in [-0.39, 0.29) is 5.54 Å². The highest BCUT2D eigenvalue weighted by Gasteiger charge is 2.31. The number of rotatable bonds is 1. The lowest BCUT2D eigenvalue weighted by Crippen LogP contribution is -2.33. The molecule has 15 heavy (non-hydrogen) atoms. The molecule has 0 radical (unpaired) electrons. The Hall–Kier alpha value is -1.02. The largest absolute Gasteiger partial charge is 0.507 e. The minimum atomic E-state index is -0.150. The van der Waals surface area contributed by atoms with E-state index in [1.807, 2.05) is 26.0 Å². The summed E-state index contributed by atoms with van der Waals surface area (Å²) in [6.07, 6.45) is 4.57. The summed E-state index contributed by atoms with van der Waals surface area (Å²) in [6, 6.07) is 4.07. The second kappa shape index (κ2) is 3.53. The first-order chi connectivity index (χ1) is 7.03. The molecule has 0 aromatic heterocycles. The van der Waals surface area contributed by atoms with E-state index in [9.17, 15) is 5.11 Å². The molecule has 3 N–H and O–H groups in total. The highest BCUT2D eigenvalue weighted by atomic mass is 16.3. The molecule has 0 atom stereocenters. The minimum Gasteiger partial charge on any atom is -0.507 e. The number of hydrogen-bond acceptors (Lipinski definition) is 2. The number of aryl methyl sites for hydroxylation is 2. The first kappa shape index (κ1) is 10.5. The molecule has 2 nitrogen and oxygen atoms in total. The predicted molar refractivity (Wildman–Crippen MR) is 61.9 cm³/mol. The van der Waals surface area contributed by atoms with E-state index in [4.69, 9.17) is 5.73 Å². The van der Waals surface area contributed by atoms with Crippen molar-refractivity contribution in [2.75, 3.05) is 0 Å². The molecule has 2 rings (SSSR count). The number of phenols is 1. The van der Waals surface area contributed by atoms with E-state index in [0.29, 0.717) is 5.75 Å². The van der Waals surface area contributed by atoms with Gasteiger partial charge >= 0.3 is 0 Å². The summed E-state index contributed by atoms with van der Waals surface area (Å²) in [7, 11) is 0. The molecule has 1 aliphatic carbocycles. The van der Waals surface area contributed by atoms with Crippen molar-refractivity contribution in [2.24, 2.45) is 5.73 Å². The van der Waals surface area contributed by atoms with Gasteiger partial charge in [-0.2, -0.15) is 0 Å². The van der Waals surface area contributed by atoms with Crippen molar-refractivity contribution < 1.29 is 5.11 Å². The maximum Gasteiger partial charge on any atom is 0.121 e. The minimum absolute atomic E-state index is 0.150. The fourth-order valence-electron chi connectivity index (χ4n) is 2.54. The van der Waals surface area contributed by atoms with Gasteiger partial charge in [0.25, 0.3) is 0 Å². The number of phenolic OH excluding ortho intramolecular Hbond substituents is 1. The molecule has 0 saturated heterocycles. The Morgan fingerprint density at radius 3 is 2.07 bits per heavy atom. The summed E-state index contributed by atoms with van der Waals surface area (Å²) in [6.45, 7) is 3.87. The van der Waals surface area contributed by atoms with Crippen LogP contribution in [0.5, 0.6) is 5.75 Å². The first-order valence-electron chi connectivity index (χ1n) is 5.62. The Morgan fingerprint density at radius 1 is 1.13 bits per heavy atom. The zero-order valence-electron chi connectivity index (χ0n) is 9.51. The molecule has 1 aromatic rings. The molecular weight excluding hydrogens is 186 g/mol. The molecule has 0 unspecified atom stereocenters. The van der Waals surface area contributed by atoms with E-state index < -0.39 is 0 Å². The van der Waals surface area contributed by atoms with Crippen molar-refractivity contribution in [1.29, 1.82) is 0 Å². The number of benzene rings is 1. The van der Waals surface area contributed by atoms with Crippen LogP contribution in [0.25, 0.3) is 0 Å². The van der Waals surface area contributed by atoms with Crippen molar-refractivity contribution >= 4 is 0 Å². The van der Waals surface area contributed by atoms with Crippen LogP contribution in [0.1, 0.15) is 42.4 Å². The number of hydrogen-bond donors (Lipinski definition) is 2. The van der Waals surface area contributed by atoms with Gasteiger partial charge in [-0.15, -0.1) is 0 Å². The van der Waals surface area contributed by atoms with Crippen molar-refractivity contribution in [3.8, 4) is 5.75 Å². The number of nitrogens with two attached hydrogens (primary N) is 1. The lowest BCUT2D eigenvalue weighted by molar-refractivity contribution is 0.450. The molecule has 0 aliphatic heterocycles. The summed E-state index contributed by atoms with van der Waals surface area (Å²) in [5.41, 5.74) is 9.29. The normalized spacial score (nSPS) is 19.4. The van der Waals surface area contributed by atoms with Gasteiger partial charge in [0.2, 0.25) is 0 Å². The fourth-order valence-corrected chi connectivity index (χ4v) is 2.54. The van der Waals surface area contributed by atoms with Gasteiger partial charge in [0.1, 0.15) is 5.75 Å². The van der Waals surface area contributed by atoms with Crippen LogP contribution in [-0.2, 0) is 5.54 Å². The van der Waals surface area contributed by atoms with Gasteiger partial charge in [0, 0.05) is 5.54 Å². The highest BCUT2D eigenvalue weighted by molar-refractivity contribution is 5.44. The second-order valence-corrected chi connectivity index (χ2v) is 4.82. The Balaban J connectivity index is 2.45. The van der Waals surface area contributed by atoms with Crippen LogP contribution >= 0.6 is 0 Å². The highest BCUT2D eigenvalue weighted by Crippen LogP contribution is 2.38. The Kier molecular flexibility index (Phi) is 2.47. The maximum atomic E-state index is 9.72. The van der Waals surface area contributed by atoms with Crippen LogP contribution in [0.4, 0.5) is 0 Å². The van der Waals surface area contributed by atoms with Crippen LogP contribution in [0.15, 0.2) is 12.1 Å². The lowest BCUT2D eigenvalue weighted by atomic mass is 9.87.